The van der Waals surface area contributed by atoms with Crippen molar-refractivity contribution in [3.63, 3.8) is 0 Å². The summed E-state index contributed by atoms with van der Waals surface area (Å²) in [5.74, 6) is 1.21. The average molecular weight is 277 g/mol. The SMILES string of the molecule is CCc1c(C)nc(-c2cccc(C(F)F)c2)nc1NC. The van der Waals surface area contributed by atoms with E-state index in [9.17, 15) is 8.78 Å². The number of anilines is 1. The van der Waals surface area contributed by atoms with Gasteiger partial charge in [0.2, 0.25) is 0 Å². The van der Waals surface area contributed by atoms with E-state index in [0.29, 0.717) is 11.4 Å². The Kier molecular flexibility index (Phi) is 4.27. The highest BCUT2D eigenvalue weighted by Crippen LogP contribution is 2.26. The molecular formula is C15H17F2N3. The number of hydrogen-bond acceptors (Lipinski definition) is 3. The Morgan fingerprint density at radius 3 is 2.60 bits per heavy atom. The van der Waals surface area contributed by atoms with E-state index in [-0.39, 0.29) is 5.56 Å². The molecule has 5 heteroatoms. The van der Waals surface area contributed by atoms with E-state index < -0.39 is 6.43 Å². The molecule has 1 N–H and O–H groups in total. The van der Waals surface area contributed by atoms with Gasteiger partial charge in [-0.3, -0.25) is 0 Å². The van der Waals surface area contributed by atoms with Crippen LogP contribution in [0.15, 0.2) is 24.3 Å². The Morgan fingerprint density at radius 2 is 2.00 bits per heavy atom. The molecule has 0 aliphatic heterocycles. The standard InChI is InChI=1S/C15H17F2N3/c1-4-12-9(2)19-14(20-15(12)18-3)11-7-5-6-10(8-11)13(16)17/h5-8,13H,4H2,1-3H3,(H,18,19,20). The number of nitrogens with zero attached hydrogens (tertiary/aromatic N) is 2. The van der Waals surface area contributed by atoms with Crippen molar-refractivity contribution in [2.75, 3.05) is 12.4 Å². The van der Waals surface area contributed by atoms with Crippen molar-refractivity contribution in [3.05, 3.63) is 41.1 Å². The molecule has 0 aliphatic rings. The minimum atomic E-state index is -2.49. The van der Waals surface area contributed by atoms with Crippen molar-refractivity contribution in [2.45, 2.75) is 26.7 Å². The van der Waals surface area contributed by atoms with E-state index in [4.69, 9.17) is 0 Å². The fourth-order valence-corrected chi connectivity index (χ4v) is 2.17. The summed E-state index contributed by atoms with van der Waals surface area (Å²) in [6.45, 7) is 3.94. The Balaban J connectivity index is 2.53. The van der Waals surface area contributed by atoms with Gasteiger partial charge >= 0.3 is 0 Å². The topological polar surface area (TPSA) is 37.8 Å². The number of rotatable bonds is 4. The molecule has 3 nitrogen and oxygen atoms in total. The van der Waals surface area contributed by atoms with Crippen LogP contribution in [-0.2, 0) is 6.42 Å². The summed E-state index contributed by atoms with van der Waals surface area (Å²) in [4.78, 5) is 8.85. The van der Waals surface area contributed by atoms with Crippen molar-refractivity contribution in [1.82, 2.24) is 9.97 Å². The molecule has 0 unspecified atom stereocenters. The molecule has 0 spiro atoms. The number of aryl methyl sites for hydroxylation is 1. The molecule has 2 aromatic rings. The lowest BCUT2D eigenvalue weighted by Gasteiger charge is -2.12. The first-order valence-corrected chi connectivity index (χ1v) is 6.50. The summed E-state index contributed by atoms with van der Waals surface area (Å²) in [6, 6.07) is 6.18. The third-order valence-electron chi connectivity index (χ3n) is 3.20. The maximum Gasteiger partial charge on any atom is 0.263 e. The van der Waals surface area contributed by atoms with Gasteiger partial charge in [-0.25, -0.2) is 18.7 Å². The summed E-state index contributed by atoms with van der Waals surface area (Å²) < 4.78 is 25.5. The van der Waals surface area contributed by atoms with Crippen LogP contribution in [0.25, 0.3) is 11.4 Å². The van der Waals surface area contributed by atoms with Crippen molar-refractivity contribution < 1.29 is 8.78 Å². The summed E-state index contributed by atoms with van der Waals surface area (Å²) in [6.07, 6.45) is -1.67. The van der Waals surface area contributed by atoms with E-state index in [1.165, 1.54) is 12.1 Å². The van der Waals surface area contributed by atoms with Crippen LogP contribution in [0, 0.1) is 6.92 Å². The number of alkyl halides is 2. The number of hydrogen-bond donors (Lipinski definition) is 1. The minimum Gasteiger partial charge on any atom is -0.373 e. The highest BCUT2D eigenvalue weighted by Gasteiger charge is 2.13. The lowest BCUT2D eigenvalue weighted by molar-refractivity contribution is 0.151. The van der Waals surface area contributed by atoms with Crippen LogP contribution in [0.1, 0.15) is 30.2 Å². The molecule has 0 saturated carbocycles. The van der Waals surface area contributed by atoms with Gasteiger partial charge in [0.15, 0.2) is 5.82 Å². The van der Waals surface area contributed by atoms with Gasteiger partial charge in [-0.05, 0) is 19.4 Å². The molecule has 0 atom stereocenters. The van der Waals surface area contributed by atoms with E-state index >= 15 is 0 Å². The zero-order chi connectivity index (χ0) is 14.7. The monoisotopic (exact) mass is 277 g/mol. The van der Waals surface area contributed by atoms with Gasteiger partial charge in [-0.15, -0.1) is 0 Å². The predicted molar refractivity (Wildman–Crippen MR) is 76.1 cm³/mol. The van der Waals surface area contributed by atoms with Gasteiger partial charge in [0.25, 0.3) is 6.43 Å². The summed E-state index contributed by atoms with van der Waals surface area (Å²) in [5, 5.41) is 3.04. The normalized spacial score (nSPS) is 10.9. The second-order valence-corrected chi connectivity index (χ2v) is 4.49. The second kappa shape index (κ2) is 5.94. The van der Waals surface area contributed by atoms with Crippen molar-refractivity contribution in [2.24, 2.45) is 0 Å². The number of benzene rings is 1. The summed E-state index contributed by atoms with van der Waals surface area (Å²) in [5.41, 5.74) is 2.49. The van der Waals surface area contributed by atoms with Crippen LogP contribution in [0.3, 0.4) is 0 Å². The van der Waals surface area contributed by atoms with Crippen LogP contribution >= 0.6 is 0 Å². The maximum atomic E-state index is 12.8. The molecule has 0 saturated heterocycles. The first-order chi connectivity index (χ1) is 9.56. The third kappa shape index (κ3) is 2.76. The van der Waals surface area contributed by atoms with Crippen molar-refractivity contribution >= 4 is 5.82 Å². The van der Waals surface area contributed by atoms with Gasteiger partial charge in [-0.2, -0.15) is 0 Å². The first-order valence-electron chi connectivity index (χ1n) is 6.50. The van der Waals surface area contributed by atoms with Gasteiger partial charge < -0.3 is 5.32 Å². The molecule has 1 heterocycles. The third-order valence-corrected chi connectivity index (χ3v) is 3.20. The smallest absolute Gasteiger partial charge is 0.263 e. The molecule has 1 aromatic heterocycles. The van der Waals surface area contributed by atoms with Crippen LogP contribution in [-0.4, -0.2) is 17.0 Å². The fraction of sp³-hybridized carbons (Fsp3) is 0.333. The zero-order valence-electron chi connectivity index (χ0n) is 11.7. The lowest BCUT2D eigenvalue weighted by atomic mass is 10.1. The minimum absolute atomic E-state index is 0.0191. The Labute approximate surface area is 117 Å². The Hall–Kier alpha value is -2.04. The molecule has 20 heavy (non-hydrogen) atoms. The van der Waals surface area contributed by atoms with E-state index in [0.717, 1.165) is 23.5 Å². The van der Waals surface area contributed by atoms with Crippen LogP contribution in [0.5, 0.6) is 0 Å². The maximum absolute atomic E-state index is 12.8. The van der Waals surface area contributed by atoms with Gasteiger partial charge in [0.05, 0.1) is 0 Å². The number of aromatic nitrogens is 2. The van der Waals surface area contributed by atoms with Crippen LogP contribution in [0.4, 0.5) is 14.6 Å². The highest BCUT2D eigenvalue weighted by molar-refractivity contribution is 5.60. The fourth-order valence-electron chi connectivity index (χ4n) is 2.17. The molecule has 0 fully saturated rings. The van der Waals surface area contributed by atoms with Gasteiger partial charge in [0.1, 0.15) is 5.82 Å². The van der Waals surface area contributed by atoms with Gasteiger partial charge in [0, 0.05) is 29.4 Å². The first kappa shape index (κ1) is 14.4. The van der Waals surface area contributed by atoms with Crippen molar-refractivity contribution in [3.8, 4) is 11.4 Å². The molecule has 106 valence electrons. The van der Waals surface area contributed by atoms with Crippen LogP contribution < -0.4 is 5.32 Å². The van der Waals surface area contributed by atoms with E-state index in [1.807, 2.05) is 13.8 Å². The molecule has 2 rings (SSSR count). The molecule has 0 amide bonds. The second-order valence-electron chi connectivity index (χ2n) is 4.49. The summed E-state index contributed by atoms with van der Waals surface area (Å²) in [7, 11) is 1.79. The summed E-state index contributed by atoms with van der Waals surface area (Å²) >= 11 is 0. The predicted octanol–water partition coefficient (Wildman–Crippen LogP) is 3.99. The zero-order valence-corrected chi connectivity index (χ0v) is 11.7. The molecule has 0 radical (unpaired) electrons. The molecule has 0 bridgehead atoms. The average Bonchev–Trinajstić information content (AvgIpc) is 2.46. The lowest BCUT2D eigenvalue weighted by Crippen LogP contribution is -2.05. The van der Waals surface area contributed by atoms with E-state index in [2.05, 4.69) is 15.3 Å². The Morgan fingerprint density at radius 1 is 1.25 bits per heavy atom. The molecular weight excluding hydrogens is 260 g/mol. The Bertz CT molecular complexity index is 612. The highest BCUT2D eigenvalue weighted by atomic mass is 19.3. The largest absolute Gasteiger partial charge is 0.373 e. The van der Waals surface area contributed by atoms with Crippen LogP contribution in [0.2, 0.25) is 0 Å². The van der Waals surface area contributed by atoms with Crippen molar-refractivity contribution in [1.29, 1.82) is 0 Å². The quantitative estimate of drug-likeness (QED) is 0.918. The molecule has 0 aliphatic carbocycles. The number of halogens is 2. The molecule has 1 aromatic carbocycles. The number of nitrogens with one attached hydrogen (secondary N) is 1. The van der Waals surface area contributed by atoms with Gasteiger partial charge in [-0.1, -0.05) is 25.1 Å². The van der Waals surface area contributed by atoms with E-state index in [1.54, 1.807) is 19.2 Å².